The van der Waals surface area contributed by atoms with Crippen LogP contribution in [0.1, 0.15) is 5.56 Å². The second-order valence-electron chi connectivity index (χ2n) is 4.17. The van der Waals surface area contributed by atoms with Crippen LogP contribution < -0.4 is 11.1 Å². The average molecular weight is 329 g/mol. The van der Waals surface area contributed by atoms with Crippen LogP contribution in [-0.2, 0) is 0 Å². The summed E-state index contributed by atoms with van der Waals surface area (Å²) in [5.41, 5.74) is 7.25. The quantitative estimate of drug-likeness (QED) is 0.709. The van der Waals surface area contributed by atoms with Gasteiger partial charge in [0.15, 0.2) is 0 Å². The lowest BCUT2D eigenvalue weighted by Gasteiger charge is -1.99. The van der Waals surface area contributed by atoms with Crippen LogP contribution in [0.2, 0.25) is 0 Å². The summed E-state index contributed by atoms with van der Waals surface area (Å²) in [6, 6.07) is 11.7. The number of aromatic nitrogens is 4. The lowest BCUT2D eigenvalue weighted by molar-refractivity contribution is 0.821. The number of nitrogen functional groups attached to an aromatic ring is 1. The van der Waals surface area contributed by atoms with Gasteiger partial charge in [-0.15, -0.1) is 22.0 Å². The van der Waals surface area contributed by atoms with E-state index in [9.17, 15) is 0 Å². The molecule has 0 fully saturated rings. The Balaban J connectivity index is 1.91. The molecule has 0 spiro atoms. The molecular formula is C13H11N7S2. The van der Waals surface area contributed by atoms with Crippen LogP contribution in [0.3, 0.4) is 0 Å². The van der Waals surface area contributed by atoms with Crippen molar-refractivity contribution in [3.8, 4) is 11.2 Å². The van der Waals surface area contributed by atoms with Gasteiger partial charge in [-0.2, -0.15) is 15.0 Å². The Morgan fingerprint density at radius 1 is 1.32 bits per heavy atom. The third-order valence-electron chi connectivity index (χ3n) is 2.81. The number of para-hydroxylation sites is 1. The Morgan fingerprint density at radius 3 is 2.73 bits per heavy atom. The molecule has 3 rings (SSSR count). The van der Waals surface area contributed by atoms with E-state index in [0.717, 1.165) is 5.69 Å². The molecule has 1 aromatic carbocycles. The highest BCUT2D eigenvalue weighted by molar-refractivity contribution is 7.98. The van der Waals surface area contributed by atoms with Gasteiger partial charge in [0, 0.05) is 5.69 Å². The van der Waals surface area contributed by atoms with E-state index in [0.29, 0.717) is 20.9 Å². The van der Waals surface area contributed by atoms with Crippen molar-refractivity contribution in [1.29, 1.82) is 5.26 Å². The van der Waals surface area contributed by atoms with Crippen molar-refractivity contribution in [3.63, 3.8) is 0 Å². The molecule has 3 N–H and O–H groups in total. The lowest BCUT2D eigenvalue weighted by atomic mass is 10.3. The van der Waals surface area contributed by atoms with Crippen LogP contribution in [0.5, 0.6) is 0 Å². The summed E-state index contributed by atoms with van der Waals surface area (Å²) >= 11 is 2.67. The van der Waals surface area contributed by atoms with Crippen molar-refractivity contribution in [2.75, 3.05) is 17.3 Å². The summed E-state index contributed by atoms with van der Waals surface area (Å²) in [6.45, 7) is 0. The van der Waals surface area contributed by atoms with Crippen molar-refractivity contribution in [1.82, 2.24) is 20.0 Å². The molecule has 0 aliphatic rings. The maximum absolute atomic E-state index is 9.15. The molecule has 3 aromatic rings. The van der Waals surface area contributed by atoms with Crippen LogP contribution in [0.25, 0.3) is 5.13 Å². The fraction of sp³-hybridized carbons (Fsp3) is 0.0769. The largest absolute Gasteiger partial charge is 0.382 e. The van der Waals surface area contributed by atoms with E-state index >= 15 is 0 Å². The third-order valence-corrected chi connectivity index (χ3v) is 4.30. The van der Waals surface area contributed by atoms with Crippen LogP contribution >= 0.6 is 23.1 Å². The van der Waals surface area contributed by atoms with Gasteiger partial charge in [-0.1, -0.05) is 29.5 Å². The third kappa shape index (κ3) is 2.61. The Labute approximate surface area is 134 Å². The SMILES string of the molecule is CSc1nn(-c2nnc(Nc3ccccc3)s2)c(N)c1C#N. The van der Waals surface area contributed by atoms with Gasteiger partial charge in [-0.05, 0) is 18.4 Å². The predicted octanol–water partition coefficient (Wildman–Crippen LogP) is 2.64. The summed E-state index contributed by atoms with van der Waals surface area (Å²) in [7, 11) is 0. The number of nitrogens with zero attached hydrogens (tertiary/aromatic N) is 5. The highest BCUT2D eigenvalue weighted by Gasteiger charge is 2.18. The standard InChI is InChI=1S/C13H11N7S2/c1-21-11-9(7-14)10(15)20(19-11)13-18-17-12(22-13)16-8-5-3-2-4-6-8/h2-6H,15H2,1H3,(H,16,17). The van der Waals surface area contributed by atoms with Gasteiger partial charge in [-0.3, -0.25) is 0 Å². The first-order valence-electron chi connectivity index (χ1n) is 6.21. The number of hydrogen-bond donors (Lipinski definition) is 2. The Morgan fingerprint density at radius 2 is 2.09 bits per heavy atom. The van der Waals surface area contributed by atoms with Crippen LogP contribution in [-0.4, -0.2) is 26.2 Å². The number of nitrogens with two attached hydrogens (primary N) is 1. The highest BCUT2D eigenvalue weighted by Crippen LogP contribution is 2.29. The van der Waals surface area contributed by atoms with E-state index in [1.165, 1.54) is 27.8 Å². The second-order valence-corrected chi connectivity index (χ2v) is 5.92. The number of rotatable bonds is 4. The molecular weight excluding hydrogens is 318 g/mol. The normalized spacial score (nSPS) is 10.4. The summed E-state index contributed by atoms with van der Waals surface area (Å²) in [4.78, 5) is 0. The molecule has 7 nitrogen and oxygen atoms in total. The van der Waals surface area contributed by atoms with Crippen LogP contribution in [0.15, 0.2) is 35.4 Å². The number of benzene rings is 1. The zero-order valence-corrected chi connectivity index (χ0v) is 13.1. The number of nitriles is 1. The lowest BCUT2D eigenvalue weighted by Crippen LogP contribution is -2.01. The van der Waals surface area contributed by atoms with E-state index in [1.54, 1.807) is 0 Å². The maximum Gasteiger partial charge on any atom is 0.236 e. The first kappa shape index (κ1) is 14.4. The molecule has 0 amide bonds. The van der Waals surface area contributed by atoms with Gasteiger partial charge >= 0.3 is 0 Å². The first-order chi connectivity index (χ1) is 10.7. The minimum absolute atomic E-state index is 0.272. The van der Waals surface area contributed by atoms with E-state index < -0.39 is 0 Å². The molecule has 0 bridgehead atoms. The molecule has 0 unspecified atom stereocenters. The number of thioether (sulfide) groups is 1. The van der Waals surface area contributed by atoms with Crippen molar-refractivity contribution in [3.05, 3.63) is 35.9 Å². The monoisotopic (exact) mass is 329 g/mol. The van der Waals surface area contributed by atoms with E-state index in [4.69, 9.17) is 11.0 Å². The molecule has 9 heteroatoms. The number of hydrogen-bond acceptors (Lipinski definition) is 8. The van der Waals surface area contributed by atoms with Gasteiger partial charge in [0.1, 0.15) is 22.5 Å². The molecule has 0 radical (unpaired) electrons. The molecule has 2 heterocycles. The molecule has 2 aromatic heterocycles. The van der Waals surface area contributed by atoms with Gasteiger partial charge in [0.2, 0.25) is 10.3 Å². The topological polar surface area (TPSA) is 105 Å². The first-order valence-corrected chi connectivity index (χ1v) is 8.25. The average Bonchev–Trinajstić information content (AvgIpc) is 3.12. The maximum atomic E-state index is 9.15. The summed E-state index contributed by atoms with van der Waals surface area (Å²) in [6.07, 6.45) is 1.84. The van der Waals surface area contributed by atoms with Crippen molar-refractivity contribution < 1.29 is 0 Å². The molecule has 110 valence electrons. The van der Waals surface area contributed by atoms with Crippen molar-refractivity contribution in [2.24, 2.45) is 0 Å². The Hall–Kier alpha value is -2.57. The zero-order chi connectivity index (χ0) is 15.5. The summed E-state index contributed by atoms with van der Waals surface area (Å²) < 4.78 is 1.44. The summed E-state index contributed by atoms with van der Waals surface area (Å²) in [5.74, 6) is 0.272. The Kier molecular flexibility index (Phi) is 3.95. The summed E-state index contributed by atoms with van der Waals surface area (Å²) in [5, 5.41) is 26.5. The minimum atomic E-state index is 0.272. The smallest absolute Gasteiger partial charge is 0.236 e. The van der Waals surface area contributed by atoms with E-state index in [-0.39, 0.29) is 5.82 Å². The van der Waals surface area contributed by atoms with E-state index in [1.807, 2.05) is 36.6 Å². The van der Waals surface area contributed by atoms with Gasteiger partial charge in [0.05, 0.1) is 0 Å². The van der Waals surface area contributed by atoms with Crippen LogP contribution in [0.4, 0.5) is 16.6 Å². The number of nitrogens with one attached hydrogen (secondary N) is 1. The molecule has 0 saturated heterocycles. The minimum Gasteiger partial charge on any atom is -0.382 e. The predicted molar refractivity (Wildman–Crippen MR) is 87.7 cm³/mol. The fourth-order valence-corrected chi connectivity index (χ4v) is 3.05. The van der Waals surface area contributed by atoms with Crippen LogP contribution in [0, 0.1) is 11.3 Å². The van der Waals surface area contributed by atoms with Gasteiger partial charge < -0.3 is 11.1 Å². The Bertz CT molecular complexity index is 832. The van der Waals surface area contributed by atoms with E-state index in [2.05, 4.69) is 26.7 Å². The van der Waals surface area contributed by atoms with Crippen molar-refractivity contribution in [2.45, 2.75) is 5.03 Å². The molecule has 0 aliphatic carbocycles. The molecule has 22 heavy (non-hydrogen) atoms. The molecule has 0 aliphatic heterocycles. The van der Waals surface area contributed by atoms with Gasteiger partial charge in [-0.25, -0.2) is 0 Å². The highest BCUT2D eigenvalue weighted by atomic mass is 32.2. The molecule has 0 saturated carbocycles. The van der Waals surface area contributed by atoms with Crippen molar-refractivity contribution >= 4 is 39.7 Å². The second kappa shape index (κ2) is 6.05. The fourth-order valence-electron chi connectivity index (χ4n) is 1.80. The van der Waals surface area contributed by atoms with Gasteiger partial charge in [0.25, 0.3) is 0 Å². The zero-order valence-electron chi connectivity index (χ0n) is 11.5. The number of anilines is 3. The molecule has 0 atom stereocenters.